The maximum absolute atomic E-state index is 12.7. The molecule has 0 aromatic heterocycles. The van der Waals surface area contributed by atoms with Crippen LogP contribution in [0.3, 0.4) is 0 Å². The van der Waals surface area contributed by atoms with Gasteiger partial charge in [-0.05, 0) is 39.0 Å². The third-order valence-corrected chi connectivity index (χ3v) is 7.42. The molecule has 0 saturated carbocycles. The van der Waals surface area contributed by atoms with Crippen molar-refractivity contribution >= 4 is 11.9 Å². The Balaban J connectivity index is 3.03. The number of hydrogen-bond donors (Lipinski definition) is 7. The van der Waals surface area contributed by atoms with Gasteiger partial charge in [0.25, 0.3) is 0 Å². The van der Waals surface area contributed by atoms with Gasteiger partial charge in [-0.3, -0.25) is 9.59 Å². The Morgan fingerprint density at radius 2 is 1.26 bits per heavy atom. The van der Waals surface area contributed by atoms with Crippen LogP contribution in [0, 0.1) is 17.8 Å². The predicted molar refractivity (Wildman–Crippen MR) is 159 cm³/mol. The Morgan fingerprint density at radius 1 is 0.762 bits per heavy atom. The molecular formula is C32H50O10. The number of aliphatic hydroxyl groups excluding tert-OH is 6. The molecule has 1 aliphatic rings. The average molecular weight is 595 g/mol. The fourth-order valence-electron chi connectivity index (χ4n) is 4.70. The normalized spacial score (nSPS) is 35.7. The highest BCUT2D eigenvalue weighted by Gasteiger charge is 2.33. The number of ether oxygens (including phenoxy) is 1. The minimum absolute atomic E-state index is 0.0479. The van der Waals surface area contributed by atoms with Gasteiger partial charge >= 0.3 is 11.9 Å². The fourth-order valence-corrected chi connectivity index (χ4v) is 4.70. The highest BCUT2D eigenvalue weighted by atomic mass is 16.5. The lowest BCUT2D eigenvalue weighted by atomic mass is 9.90. The van der Waals surface area contributed by atoms with Gasteiger partial charge in [-0.25, -0.2) is 0 Å². The molecule has 0 aromatic carbocycles. The first-order chi connectivity index (χ1) is 19.9. The first-order valence-electron chi connectivity index (χ1n) is 14.7. The van der Waals surface area contributed by atoms with Gasteiger partial charge in [-0.2, -0.15) is 0 Å². The number of aliphatic carboxylic acids is 1. The van der Waals surface area contributed by atoms with Crippen molar-refractivity contribution in [2.75, 3.05) is 0 Å². The summed E-state index contributed by atoms with van der Waals surface area (Å²) >= 11 is 0. The summed E-state index contributed by atoms with van der Waals surface area (Å²) in [6.07, 6.45) is 9.99. The minimum Gasteiger partial charge on any atom is -0.481 e. The molecule has 0 radical (unpaired) electrons. The van der Waals surface area contributed by atoms with E-state index in [1.54, 1.807) is 36.5 Å². The number of carbonyl (C=O) groups is 2. The van der Waals surface area contributed by atoms with Gasteiger partial charge in [0.05, 0.1) is 42.5 Å². The molecule has 10 nitrogen and oxygen atoms in total. The molecule has 42 heavy (non-hydrogen) atoms. The van der Waals surface area contributed by atoms with E-state index in [9.17, 15) is 45.3 Å². The van der Waals surface area contributed by atoms with E-state index in [4.69, 9.17) is 4.74 Å². The Bertz CT molecular complexity index is 940. The molecule has 1 heterocycles. The number of carboxylic acid groups (broad SMARTS) is 1. The van der Waals surface area contributed by atoms with E-state index in [0.29, 0.717) is 12.8 Å². The van der Waals surface area contributed by atoms with Crippen LogP contribution in [0.5, 0.6) is 0 Å². The van der Waals surface area contributed by atoms with Crippen LogP contribution >= 0.6 is 0 Å². The molecular weight excluding hydrogens is 544 g/mol. The lowest BCUT2D eigenvalue weighted by Gasteiger charge is -2.26. The first kappa shape index (κ1) is 37.4. The molecule has 0 aromatic rings. The number of aliphatic hydroxyl groups is 6. The summed E-state index contributed by atoms with van der Waals surface area (Å²) in [7, 11) is 0. The third kappa shape index (κ3) is 14.5. The predicted octanol–water partition coefficient (Wildman–Crippen LogP) is 2.58. The summed E-state index contributed by atoms with van der Waals surface area (Å²) in [5, 5.41) is 71.8. The maximum atomic E-state index is 12.7. The SMILES string of the molecule is CCC1OC(=O)C(C)C(O)CC(O)CC(O)CCCC(O)CC(O)C(C(=O)O)C(O)C=CC=CC=CC=CC=CC1C. The summed E-state index contributed by atoms with van der Waals surface area (Å²) < 4.78 is 5.65. The fraction of sp³-hybridized carbons (Fsp3) is 0.625. The lowest BCUT2D eigenvalue weighted by molar-refractivity contribution is -0.160. The standard InChI is InChI=1S/C32H50O10/c1-4-29-21(2)14-11-9-7-5-6-8-10-12-17-26(36)30(31(39)40)28(38)19-24(34)16-13-15-23(33)18-25(35)20-27(37)22(3)32(41)42-29/h5-12,14,17,21-30,33-38H,4,13,15-16,18-20H2,1-3H3,(H,39,40). The first-order valence-corrected chi connectivity index (χ1v) is 14.7. The molecule has 0 spiro atoms. The molecule has 0 aliphatic carbocycles. The second-order valence-corrected chi connectivity index (χ2v) is 11.0. The molecule has 1 aliphatic heterocycles. The second-order valence-electron chi connectivity index (χ2n) is 11.0. The quantitative estimate of drug-likeness (QED) is 0.234. The number of carbonyl (C=O) groups excluding carboxylic acids is 1. The van der Waals surface area contributed by atoms with Crippen LogP contribution in [0.25, 0.3) is 0 Å². The molecule has 0 bridgehead atoms. The highest BCUT2D eigenvalue weighted by Crippen LogP contribution is 2.22. The Hall–Kier alpha value is -2.60. The van der Waals surface area contributed by atoms with Crippen molar-refractivity contribution in [2.45, 2.75) is 108 Å². The van der Waals surface area contributed by atoms with Crippen molar-refractivity contribution in [3.8, 4) is 0 Å². The third-order valence-electron chi connectivity index (χ3n) is 7.42. The largest absolute Gasteiger partial charge is 0.481 e. The zero-order valence-corrected chi connectivity index (χ0v) is 24.9. The van der Waals surface area contributed by atoms with Gasteiger partial charge in [-0.15, -0.1) is 0 Å². The number of esters is 1. The van der Waals surface area contributed by atoms with Gasteiger partial charge in [-0.1, -0.05) is 74.6 Å². The van der Waals surface area contributed by atoms with Gasteiger partial charge in [0, 0.05) is 18.8 Å². The number of rotatable bonds is 2. The van der Waals surface area contributed by atoms with Crippen LogP contribution in [0.4, 0.5) is 0 Å². The highest BCUT2D eigenvalue weighted by molar-refractivity contribution is 5.73. The average Bonchev–Trinajstić information content (AvgIpc) is 2.90. The number of carboxylic acids is 1. The van der Waals surface area contributed by atoms with E-state index in [2.05, 4.69) is 0 Å². The lowest BCUT2D eigenvalue weighted by Crippen LogP contribution is -2.39. The summed E-state index contributed by atoms with van der Waals surface area (Å²) in [5.74, 6) is -4.47. The van der Waals surface area contributed by atoms with E-state index in [1.165, 1.54) is 19.1 Å². The number of cyclic esters (lactones) is 1. The van der Waals surface area contributed by atoms with Crippen molar-refractivity contribution in [2.24, 2.45) is 17.8 Å². The second kappa shape index (κ2) is 20.3. The molecule has 238 valence electrons. The van der Waals surface area contributed by atoms with E-state index in [-0.39, 0.29) is 38.0 Å². The van der Waals surface area contributed by atoms with Crippen LogP contribution in [0.15, 0.2) is 60.8 Å². The molecule has 0 fully saturated rings. The van der Waals surface area contributed by atoms with E-state index < -0.39 is 66.5 Å². The van der Waals surface area contributed by atoms with Crippen LogP contribution in [0.1, 0.15) is 65.7 Å². The Morgan fingerprint density at radius 3 is 1.81 bits per heavy atom. The van der Waals surface area contributed by atoms with Crippen molar-refractivity contribution < 1.29 is 50.1 Å². The summed E-state index contributed by atoms with van der Waals surface area (Å²) in [5.41, 5.74) is 0. The molecule has 10 heteroatoms. The van der Waals surface area contributed by atoms with Crippen LogP contribution in [0.2, 0.25) is 0 Å². The van der Waals surface area contributed by atoms with Gasteiger partial charge < -0.3 is 40.5 Å². The smallest absolute Gasteiger partial charge is 0.312 e. The van der Waals surface area contributed by atoms with Crippen molar-refractivity contribution in [3.63, 3.8) is 0 Å². The van der Waals surface area contributed by atoms with E-state index in [1.807, 2.05) is 26.0 Å². The zero-order valence-electron chi connectivity index (χ0n) is 24.9. The van der Waals surface area contributed by atoms with Crippen LogP contribution < -0.4 is 0 Å². The number of hydrogen-bond acceptors (Lipinski definition) is 9. The van der Waals surface area contributed by atoms with Gasteiger partial charge in [0.2, 0.25) is 0 Å². The molecule has 0 amide bonds. The molecule has 7 N–H and O–H groups in total. The summed E-state index contributed by atoms with van der Waals surface area (Å²) in [6, 6.07) is 0. The van der Waals surface area contributed by atoms with Crippen LogP contribution in [-0.2, 0) is 14.3 Å². The summed E-state index contributed by atoms with van der Waals surface area (Å²) in [6.45, 7) is 5.35. The molecule has 10 atom stereocenters. The maximum Gasteiger partial charge on any atom is 0.312 e. The van der Waals surface area contributed by atoms with Gasteiger partial charge in [0.15, 0.2) is 0 Å². The Kier molecular flexibility index (Phi) is 18.1. The topological polar surface area (TPSA) is 185 Å². The summed E-state index contributed by atoms with van der Waals surface area (Å²) in [4.78, 5) is 24.4. The Labute approximate surface area is 249 Å². The zero-order chi connectivity index (χ0) is 31.7. The van der Waals surface area contributed by atoms with Crippen molar-refractivity contribution in [3.05, 3.63) is 60.8 Å². The molecule has 0 saturated heterocycles. The van der Waals surface area contributed by atoms with E-state index in [0.717, 1.165) is 0 Å². The molecule has 10 unspecified atom stereocenters. The monoisotopic (exact) mass is 594 g/mol. The van der Waals surface area contributed by atoms with Crippen molar-refractivity contribution in [1.82, 2.24) is 0 Å². The van der Waals surface area contributed by atoms with Gasteiger partial charge in [0.1, 0.15) is 12.0 Å². The number of allylic oxidation sites excluding steroid dienone is 8. The van der Waals surface area contributed by atoms with E-state index >= 15 is 0 Å². The molecule has 1 rings (SSSR count). The van der Waals surface area contributed by atoms with Crippen LogP contribution in [-0.4, -0.2) is 90.4 Å². The van der Waals surface area contributed by atoms with Crippen molar-refractivity contribution in [1.29, 1.82) is 0 Å². The minimum atomic E-state index is -1.54.